The maximum atomic E-state index is 12.9. The largest absolute Gasteiger partial charge is 0.340 e. The summed E-state index contributed by atoms with van der Waals surface area (Å²) in [6.45, 7) is 7.02. The van der Waals surface area contributed by atoms with Crippen molar-refractivity contribution < 1.29 is 4.79 Å². The third-order valence-corrected chi connectivity index (χ3v) is 5.72. The van der Waals surface area contributed by atoms with Crippen LogP contribution in [-0.2, 0) is 11.3 Å². The molecule has 166 valence electrons. The zero-order valence-corrected chi connectivity index (χ0v) is 18.7. The van der Waals surface area contributed by atoms with E-state index in [-0.39, 0.29) is 23.9 Å². The van der Waals surface area contributed by atoms with Crippen LogP contribution in [-0.4, -0.2) is 43.6 Å². The van der Waals surface area contributed by atoms with E-state index in [0.717, 1.165) is 41.3 Å². The number of aromatic nitrogens is 4. The number of carbonyl (C=O) groups excluding carboxylic acids is 1. The van der Waals surface area contributed by atoms with Crippen LogP contribution in [0.2, 0.25) is 0 Å². The predicted molar refractivity (Wildman–Crippen MR) is 123 cm³/mol. The standard InChI is InChI=1S/C24H28N6O2/c1-16-6-4-10-25-24(16)27-20-12-18(3)26-21(13-20)19-7-5-11-29(14-19)23(32)15-30-22(31)9-8-17(2)28-30/h4,6,8-10,12-13,19H,5,7,11,14-15H2,1-3H3,(H,25,26,27)/t19-/m1/s1. The van der Waals surface area contributed by atoms with Crippen LogP contribution in [0, 0.1) is 20.8 Å². The second-order valence-corrected chi connectivity index (χ2v) is 8.37. The van der Waals surface area contributed by atoms with Crippen LogP contribution in [0.25, 0.3) is 0 Å². The van der Waals surface area contributed by atoms with Gasteiger partial charge in [0.05, 0.1) is 5.69 Å². The minimum absolute atomic E-state index is 0.0414. The number of rotatable bonds is 5. The van der Waals surface area contributed by atoms with Crippen LogP contribution in [0.3, 0.4) is 0 Å². The normalized spacial score (nSPS) is 16.1. The van der Waals surface area contributed by atoms with E-state index < -0.39 is 0 Å². The van der Waals surface area contributed by atoms with Crippen molar-refractivity contribution in [2.45, 2.75) is 46.1 Å². The van der Waals surface area contributed by atoms with Crippen LogP contribution in [0.4, 0.5) is 11.5 Å². The molecule has 1 aliphatic heterocycles. The van der Waals surface area contributed by atoms with Crippen LogP contribution in [0.1, 0.15) is 41.4 Å². The van der Waals surface area contributed by atoms with Gasteiger partial charge in [0.25, 0.3) is 5.56 Å². The Morgan fingerprint density at radius 1 is 1.16 bits per heavy atom. The number of hydrogen-bond donors (Lipinski definition) is 1. The molecule has 8 heteroatoms. The second kappa shape index (κ2) is 9.30. The molecule has 0 saturated carbocycles. The summed E-state index contributed by atoms with van der Waals surface area (Å²) in [7, 11) is 0. The molecule has 0 bridgehead atoms. The summed E-state index contributed by atoms with van der Waals surface area (Å²) >= 11 is 0. The second-order valence-electron chi connectivity index (χ2n) is 8.37. The zero-order valence-electron chi connectivity index (χ0n) is 18.7. The Bertz CT molecular complexity index is 1190. The lowest BCUT2D eigenvalue weighted by Crippen LogP contribution is -2.42. The Morgan fingerprint density at radius 3 is 2.81 bits per heavy atom. The maximum Gasteiger partial charge on any atom is 0.267 e. The summed E-state index contributed by atoms with van der Waals surface area (Å²) in [6.07, 6.45) is 3.62. The fraction of sp³-hybridized carbons (Fsp3) is 0.375. The molecule has 1 N–H and O–H groups in total. The lowest BCUT2D eigenvalue weighted by Gasteiger charge is -2.33. The average Bonchev–Trinajstić information content (AvgIpc) is 2.77. The van der Waals surface area contributed by atoms with Crippen molar-refractivity contribution in [3.05, 3.63) is 75.6 Å². The van der Waals surface area contributed by atoms with E-state index in [1.807, 2.05) is 43.0 Å². The Morgan fingerprint density at radius 2 is 2.00 bits per heavy atom. The average molecular weight is 433 g/mol. The molecule has 0 unspecified atom stereocenters. The van der Waals surface area contributed by atoms with Gasteiger partial charge in [-0.15, -0.1) is 0 Å². The summed E-state index contributed by atoms with van der Waals surface area (Å²) in [6, 6.07) is 11.1. The van der Waals surface area contributed by atoms with Crippen molar-refractivity contribution in [2.24, 2.45) is 0 Å². The SMILES string of the molecule is Cc1cc(Nc2ncccc2C)cc([C@@H]2CCCN(C(=O)Cn3nc(C)ccc3=O)C2)n1. The fourth-order valence-corrected chi connectivity index (χ4v) is 4.07. The molecule has 3 aromatic heterocycles. The zero-order chi connectivity index (χ0) is 22.7. The van der Waals surface area contributed by atoms with Gasteiger partial charge in [-0.25, -0.2) is 9.67 Å². The van der Waals surface area contributed by atoms with E-state index in [2.05, 4.69) is 15.4 Å². The molecule has 1 fully saturated rings. The highest BCUT2D eigenvalue weighted by molar-refractivity contribution is 5.76. The summed E-state index contributed by atoms with van der Waals surface area (Å²) in [5.41, 5.74) is 4.33. The van der Waals surface area contributed by atoms with Crippen molar-refractivity contribution in [3.63, 3.8) is 0 Å². The van der Waals surface area contributed by atoms with Gasteiger partial charge in [0.2, 0.25) is 5.91 Å². The molecule has 1 aliphatic rings. The van der Waals surface area contributed by atoms with Gasteiger partial charge in [-0.1, -0.05) is 6.07 Å². The van der Waals surface area contributed by atoms with Gasteiger partial charge in [0.1, 0.15) is 12.4 Å². The molecule has 8 nitrogen and oxygen atoms in total. The fourth-order valence-electron chi connectivity index (χ4n) is 4.07. The molecule has 0 spiro atoms. The number of piperidine rings is 1. The molecule has 0 aromatic carbocycles. The van der Waals surface area contributed by atoms with Gasteiger partial charge >= 0.3 is 0 Å². The number of carbonyl (C=O) groups is 1. The number of amides is 1. The number of aryl methyl sites for hydroxylation is 3. The van der Waals surface area contributed by atoms with E-state index in [9.17, 15) is 9.59 Å². The van der Waals surface area contributed by atoms with Crippen molar-refractivity contribution in [1.82, 2.24) is 24.6 Å². The number of anilines is 2. The topological polar surface area (TPSA) is 93.0 Å². The number of nitrogens with zero attached hydrogens (tertiary/aromatic N) is 5. The van der Waals surface area contributed by atoms with Crippen molar-refractivity contribution in [2.75, 3.05) is 18.4 Å². The van der Waals surface area contributed by atoms with Crippen LogP contribution in [0.5, 0.6) is 0 Å². The van der Waals surface area contributed by atoms with Crippen LogP contribution in [0.15, 0.2) is 47.4 Å². The summed E-state index contributed by atoms with van der Waals surface area (Å²) in [5, 5.41) is 7.58. The molecular formula is C24H28N6O2. The molecule has 3 aromatic rings. The lowest BCUT2D eigenvalue weighted by molar-refractivity contribution is -0.133. The molecule has 1 amide bonds. The van der Waals surface area contributed by atoms with Gasteiger partial charge < -0.3 is 10.2 Å². The third kappa shape index (κ3) is 5.01. The van der Waals surface area contributed by atoms with Crippen LogP contribution >= 0.6 is 0 Å². The first-order chi connectivity index (χ1) is 15.4. The third-order valence-electron chi connectivity index (χ3n) is 5.72. The van der Waals surface area contributed by atoms with E-state index in [1.165, 1.54) is 10.7 Å². The van der Waals surface area contributed by atoms with E-state index in [4.69, 9.17) is 4.98 Å². The highest BCUT2D eigenvalue weighted by Crippen LogP contribution is 2.29. The van der Waals surface area contributed by atoms with E-state index in [0.29, 0.717) is 18.8 Å². The first kappa shape index (κ1) is 21.7. The molecule has 1 atom stereocenters. The van der Waals surface area contributed by atoms with Crippen molar-refractivity contribution in [3.8, 4) is 0 Å². The predicted octanol–water partition coefficient (Wildman–Crippen LogP) is 3.11. The Balaban J connectivity index is 1.50. The summed E-state index contributed by atoms with van der Waals surface area (Å²) in [4.78, 5) is 35.9. The van der Waals surface area contributed by atoms with Crippen LogP contribution < -0.4 is 10.9 Å². The van der Waals surface area contributed by atoms with Gasteiger partial charge in [0.15, 0.2) is 0 Å². The van der Waals surface area contributed by atoms with Gasteiger partial charge in [-0.3, -0.25) is 14.6 Å². The minimum Gasteiger partial charge on any atom is -0.340 e. The molecule has 4 rings (SSSR count). The monoisotopic (exact) mass is 432 g/mol. The maximum absolute atomic E-state index is 12.9. The van der Waals surface area contributed by atoms with Gasteiger partial charge in [0, 0.05) is 48.3 Å². The highest BCUT2D eigenvalue weighted by Gasteiger charge is 2.26. The van der Waals surface area contributed by atoms with E-state index in [1.54, 1.807) is 19.2 Å². The molecular weight excluding hydrogens is 404 g/mol. The number of hydrogen-bond acceptors (Lipinski definition) is 6. The number of nitrogens with one attached hydrogen (secondary N) is 1. The number of pyridine rings is 2. The Labute approximate surface area is 187 Å². The van der Waals surface area contributed by atoms with Gasteiger partial charge in [-0.2, -0.15) is 5.10 Å². The molecule has 1 saturated heterocycles. The smallest absolute Gasteiger partial charge is 0.267 e. The minimum atomic E-state index is -0.265. The first-order valence-corrected chi connectivity index (χ1v) is 10.9. The molecule has 4 heterocycles. The summed E-state index contributed by atoms with van der Waals surface area (Å²) < 4.78 is 1.24. The lowest BCUT2D eigenvalue weighted by atomic mass is 9.93. The number of likely N-dealkylation sites (tertiary alicyclic amines) is 1. The molecule has 0 aliphatic carbocycles. The first-order valence-electron chi connectivity index (χ1n) is 10.9. The van der Waals surface area contributed by atoms with Crippen molar-refractivity contribution in [1.29, 1.82) is 0 Å². The van der Waals surface area contributed by atoms with Crippen molar-refractivity contribution >= 4 is 17.4 Å². The van der Waals surface area contributed by atoms with E-state index >= 15 is 0 Å². The van der Waals surface area contributed by atoms with Gasteiger partial charge in [-0.05, 0) is 63.4 Å². The quantitative estimate of drug-likeness (QED) is 0.666. The highest BCUT2D eigenvalue weighted by atomic mass is 16.2. The Kier molecular flexibility index (Phi) is 6.30. The molecule has 32 heavy (non-hydrogen) atoms. The summed E-state index contributed by atoms with van der Waals surface area (Å²) in [5.74, 6) is 0.866. The molecule has 0 radical (unpaired) electrons. The Hall–Kier alpha value is -3.55.